The van der Waals surface area contributed by atoms with Gasteiger partial charge in [-0.2, -0.15) is 4.31 Å². The largest absolute Gasteiger partial charge is 0.347 e. The first-order valence-corrected chi connectivity index (χ1v) is 9.64. The number of thiophene rings is 1. The molecular formula is C13H17ClN4O2S2. The van der Waals surface area contributed by atoms with Crippen LogP contribution >= 0.6 is 22.9 Å². The maximum atomic E-state index is 12.7. The Bertz CT molecular complexity index is 729. The van der Waals surface area contributed by atoms with Crippen molar-refractivity contribution in [2.75, 3.05) is 26.2 Å². The van der Waals surface area contributed by atoms with E-state index in [-0.39, 0.29) is 6.04 Å². The minimum Gasteiger partial charge on any atom is -0.347 e. The predicted molar refractivity (Wildman–Crippen MR) is 86.7 cm³/mol. The molecule has 9 heteroatoms. The summed E-state index contributed by atoms with van der Waals surface area (Å²) in [4.78, 5) is 9.62. The minimum absolute atomic E-state index is 0.0565. The van der Waals surface area contributed by atoms with Gasteiger partial charge in [-0.15, -0.1) is 11.3 Å². The molecule has 0 radical (unpaired) electrons. The zero-order valence-electron chi connectivity index (χ0n) is 12.1. The van der Waals surface area contributed by atoms with Gasteiger partial charge in [0, 0.05) is 32.0 Å². The van der Waals surface area contributed by atoms with Crippen LogP contribution in [0.5, 0.6) is 0 Å². The molecule has 1 fully saturated rings. The number of aromatic nitrogens is 2. The number of likely N-dealkylation sites (N-methyl/N-ethyl adjacent to an activating group) is 1. The number of hydrogen-bond donors (Lipinski definition) is 1. The van der Waals surface area contributed by atoms with Gasteiger partial charge in [-0.05, 0) is 18.7 Å². The van der Waals surface area contributed by atoms with E-state index in [2.05, 4.69) is 21.8 Å². The van der Waals surface area contributed by atoms with Crippen LogP contribution in [0.2, 0.25) is 4.34 Å². The zero-order chi connectivity index (χ0) is 15.7. The topological polar surface area (TPSA) is 69.3 Å². The average molecular weight is 361 g/mol. The van der Waals surface area contributed by atoms with E-state index in [1.54, 1.807) is 24.5 Å². The molecule has 0 bridgehead atoms. The highest BCUT2D eigenvalue weighted by Gasteiger charge is 2.36. The molecule has 0 unspecified atom stereocenters. The van der Waals surface area contributed by atoms with Crippen LogP contribution in [-0.2, 0) is 10.0 Å². The van der Waals surface area contributed by atoms with Crippen molar-refractivity contribution in [1.82, 2.24) is 19.2 Å². The molecular weight excluding hydrogens is 344 g/mol. The molecule has 3 heterocycles. The van der Waals surface area contributed by atoms with E-state index in [1.165, 1.54) is 4.31 Å². The predicted octanol–water partition coefficient (Wildman–Crippen LogP) is 2.19. The Balaban J connectivity index is 1.87. The lowest BCUT2D eigenvalue weighted by atomic mass is 10.2. The monoisotopic (exact) mass is 360 g/mol. The third kappa shape index (κ3) is 2.93. The molecule has 1 aliphatic heterocycles. The van der Waals surface area contributed by atoms with Crippen molar-refractivity contribution in [3.05, 3.63) is 34.7 Å². The number of nitrogens with zero attached hydrogens (tertiary/aromatic N) is 3. The van der Waals surface area contributed by atoms with Crippen molar-refractivity contribution in [1.29, 1.82) is 0 Å². The van der Waals surface area contributed by atoms with Gasteiger partial charge in [0.15, 0.2) is 0 Å². The van der Waals surface area contributed by atoms with Gasteiger partial charge in [-0.3, -0.25) is 4.90 Å². The minimum atomic E-state index is -3.50. The third-order valence-electron chi connectivity index (χ3n) is 3.84. The number of H-pyrrole nitrogens is 1. The lowest BCUT2D eigenvalue weighted by molar-refractivity contribution is 0.119. The smallest absolute Gasteiger partial charge is 0.252 e. The third-order valence-corrected chi connectivity index (χ3v) is 7.40. The molecule has 0 aromatic carbocycles. The second-order valence-corrected chi connectivity index (χ2v) is 8.92. The quantitative estimate of drug-likeness (QED) is 0.907. The standard InChI is InChI=1S/C13H17ClN4O2S2/c1-2-17-7-8-18(9-10(17)13-15-5-6-16-13)22(19,20)12-4-3-11(14)21-12/h3-6,10H,2,7-9H2,1H3,(H,15,16)/t10-/m1/s1. The van der Waals surface area contributed by atoms with Crippen LogP contribution < -0.4 is 0 Å². The molecule has 1 atom stereocenters. The van der Waals surface area contributed by atoms with Crippen molar-refractivity contribution in [3.8, 4) is 0 Å². The summed E-state index contributed by atoms with van der Waals surface area (Å²) in [6.45, 7) is 4.46. The normalized spacial score (nSPS) is 21.3. The van der Waals surface area contributed by atoms with Crippen LogP contribution in [-0.4, -0.2) is 53.8 Å². The lowest BCUT2D eigenvalue weighted by Gasteiger charge is -2.39. The van der Waals surface area contributed by atoms with E-state index in [0.717, 1.165) is 23.7 Å². The first kappa shape index (κ1) is 15.9. The summed E-state index contributed by atoms with van der Waals surface area (Å²) in [5, 5.41) is 0. The Morgan fingerprint density at radius 2 is 2.27 bits per heavy atom. The van der Waals surface area contributed by atoms with Gasteiger partial charge in [0.25, 0.3) is 10.0 Å². The molecule has 1 aliphatic rings. The van der Waals surface area contributed by atoms with Gasteiger partial charge in [-0.1, -0.05) is 18.5 Å². The average Bonchev–Trinajstić information content (AvgIpc) is 3.18. The number of piperazine rings is 1. The zero-order valence-corrected chi connectivity index (χ0v) is 14.5. The number of halogens is 1. The summed E-state index contributed by atoms with van der Waals surface area (Å²) in [6.07, 6.45) is 3.45. The number of nitrogens with one attached hydrogen (secondary N) is 1. The first-order chi connectivity index (χ1) is 10.5. The number of rotatable bonds is 4. The van der Waals surface area contributed by atoms with Crippen LogP contribution in [0, 0.1) is 0 Å². The summed E-state index contributed by atoms with van der Waals surface area (Å²) in [6, 6.07) is 3.13. The Labute approximate surface area is 138 Å². The van der Waals surface area contributed by atoms with Crippen molar-refractivity contribution < 1.29 is 8.42 Å². The highest BCUT2D eigenvalue weighted by molar-refractivity contribution is 7.91. The second-order valence-electron chi connectivity index (χ2n) is 5.04. The van der Waals surface area contributed by atoms with Gasteiger partial charge in [-0.25, -0.2) is 13.4 Å². The molecule has 1 N–H and O–H groups in total. The molecule has 2 aromatic rings. The maximum absolute atomic E-state index is 12.7. The van der Waals surface area contributed by atoms with Crippen molar-refractivity contribution in [2.45, 2.75) is 17.2 Å². The fourth-order valence-electron chi connectivity index (χ4n) is 2.67. The first-order valence-electron chi connectivity index (χ1n) is 7.01. The number of sulfonamides is 1. The van der Waals surface area contributed by atoms with Gasteiger partial charge in [0.05, 0.1) is 10.4 Å². The summed E-state index contributed by atoms with van der Waals surface area (Å²) in [5.41, 5.74) is 0. The lowest BCUT2D eigenvalue weighted by Crippen LogP contribution is -2.50. The maximum Gasteiger partial charge on any atom is 0.252 e. The van der Waals surface area contributed by atoms with Crippen LogP contribution in [0.4, 0.5) is 0 Å². The van der Waals surface area contributed by atoms with Crippen molar-refractivity contribution >= 4 is 33.0 Å². The molecule has 2 aromatic heterocycles. The van der Waals surface area contributed by atoms with E-state index in [4.69, 9.17) is 11.6 Å². The molecule has 6 nitrogen and oxygen atoms in total. The number of aromatic amines is 1. The molecule has 0 spiro atoms. The van der Waals surface area contributed by atoms with Gasteiger partial charge in [0.1, 0.15) is 10.0 Å². The van der Waals surface area contributed by atoms with Gasteiger partial charge in [0.2, 0.25) is 0 Å². The highest BCUT2D eigenvalue weighted by atomic mass is 35.5. The summed E-state index contributed by atoms with van der Waals surface area (Å²) in [7, 11) is -3.50. The number of imidazole rings is 1. The van der Waals surface area contributed by atoms with Crippen molar-refractivity contribution in [2.24, 2.45) is 0 Å². The van der Waals surface area contributed by atoms with E-state index in [9.17, 15) is 8.42 Å². The fraction of sp³-hybridized carbons (Fsp3) is 0.462. The molecule has 3 rings (SSSR count). The van der Waals surface area contributed by atoms with Crippen LogP contribution in [0.1, 0.15) is 18.8 Å². The van der Waals surface area contributed by atoms with Crippen molar-refractivity contribution in [3.63, 3.8) is 0 Å². The van der Waals surface area contributed by atoms with E-state index in [0.29, 0.717) is 28.2 Å². The van der Waals surface area contributed by atoms with Crippen LogP contribution in [0.15, 0.2) is 28.7 Å². The molecule has 1 saturated heterocycles. The summed E-state index contributed by atoms with van der Waals surface area (Å²) in [5.74, 6) is 0.797. The Morgan fingerprint density at radius 3 is 2.86 bits per heavy atom. The molecule has 0 saturated carbocycles. The van der Waals surface area contributed by atoms with Gasteiger partial charge >= 0.3 is 0 Å². The molecule has 0 aliphatic carbocycles. The second kappa shape index (κ2) is 6.29. The van der Waals surface area contributed by atoms with Gasteiger partial charge < -0.3 is 4.98 Å². The molecule has 0 amide bonds. The Morgan fingerprint density at radius 1 is 1.45 bits per heavy atom. The van der Waals surface area contributed by atoms with Crippen LogP contribution in [0.25, 0.3) is 0 Å². The fourth-order valence-corrected chi connectivity index (χ4v) is 5.75. The summed E-state index contributed by atoms with van der Waals surface area (Å²) >= 11 is 6.97. The summed E-state index contributed by atoms with van der Waals surface area (Å²) < 4.78 is 27.8. The Kier molecular flexibility index (Phi) is 4.56. The Hall–Kier alpha value is -0.930. The van der Waals surface area contributed by atoms with E-state index in [1.807, 2.05) is 0 Å². The van der Waals surface area contributed by atoms with E-state index < -0.39 is 10.0 Å². The molecule has 22 heavy (non-hydrogen) atoms. The highest BCUT2D eigenvalue weighted by Crippen LogP contribution is 2.31. The number of hydrogen-bond acceptors (Lipinski definition) is 5. The SMILES string of the molecule is CCN1CCN(S(=O)(=O)c2ccc(Cl)s2)C[C@@H]1c1ncc[nH]1. The van der Waals surface area contributed by atoms with Crippen LogP contribution in [0.3, 0.4) is 0 Å². The van der Waals surface area contributed by atoms with E-state index >= 15 is 0 Å². The molecule has 120 valence electrons.